The van der Waals surface area contributed by atoms with Crippen LogP contribution in [0, 0.1) is 11.3 Å². The van der Waals surface area contributed by atoms with Crippen molar-refractivity contribution in [3.8, 4) is 6.07 Å². The van der Waals surface area contributed by atoms with Crippen molar-refractivity contribution in [2.75, 3.05) is 7.11 Å². The zero-order valence-corrected chi connectivity index (χ0v) is 7.60. The molecule has 0 amide bonds. The molecule has 0 aliphatic rings. The highest BCUT2D eigenvalue weighted by Gasteiger charge is 2.39. The van der Waals surface area contributed by atoms with Crippen molar-refractivity contribution < 1.29 is 14.6 Å². The van der Waals surface area contributed by atoms with E-state index in [1.165, 1.54) is 18.2 Å². The Morgan fingerprint density at radius 3 is 2.50 bits per heavy atom. The van der Waals surface area contributed by atoms with Crippen LogP contribution in [-0.2, 0) is 15.1 Å². The van der Waals surface area contributed by atoms with Crippen LogP contribution < -0.4 is 0 Å². The van der Waals surface area contributed by atoms with Gasteiger partial charge < -0.3 is 9.84 Å². The summed E-state index contributed by atoms with van der Waals surface area (Å²) >= 11 is 0. The molecule has 0 bridgehead atoms. The lowest BCUT2D eigenvalue weighted by molar-refractivity contribution is -0.157. The van der Waals surface area contributed by atoms with Crippen LogP contribution in [0.5, 0.6) is 0 Å². The van der Waals surface area contributed by atoms with Crippen LogP contribution in [0.2, 0.25) is 0 Å². The lowest BCUT2D eigenvalue weighted by Crippen LogP contribution is -2.35. The number of nitrogens with zero attached hydrogens (tertiary/aromatic N) is 1. The topological polar surface area (TPSA) is 70.3 Å². The fraction of sp³-hybridized carbons (Fsp3) is 0.200. The SMILES string of the molecule is COC(=O)C(O)(C#N)c1ccccc1. The number of carbonyl (C=O) groups is 1. The van der Waals surface area contributed by atoms with Crippen LogP contribution in [-0.4, -0.2) is 18.2 Å². The summed E-state index contributed by atoms with van der Waals surface area (Å²) in [4.78, 5) is 11.2. The van der Waals surface area contributed by atoms with Gasteiger partial charge >= 0.3 is 5.97 Å². The minimum absolute atomic E-state index is 0.203. The Hall–Kier alpha value is -1.86. The summed E-state index contributed by atoms with van der Waals surface area (Å²) in [7, 11) is 1.12. The second-order valence-electron chi connectivity index (χ2n) is 2.68. The Bertz CT molecular complexity index is 369. The molecule has 14 heavy (non-hydrogen) atoms. The van der Waals surface area contributed by atoms with Crippen LogP contribution in [0.4, 0.5) is 0 Å². The predicted octanol–water partition coefficient (Wildman–Crippen LogP) is 0.571. The van der Waals surface area contributed by atoms with Gasteiger partial charge in [-0.25, -0.2) is 4.79 Å². The lowest BCUT2D eigenvalue weighted by Gasteiger charge is -2.16. The van der Waals surface area contributed by atoms with Crippen molar-refractivity contribution >= 4 is 5.97 Å². The molecule has 0 saturated heterocycles. The van der Waals surface area contributed by atoms with Crippen LogP contribution in [0.25, 0.3) is 0 Å². The molecule has 1 aromatic rings. The van der Waals surface area contributed by atoms with Crippen molar-refractivity contribution in [2.24, 2.45) is 0 Å². The van der Waals surface area contributed by atoms with Gasteiger partial charge in [-0.15, -0.1) is 0 Å². The molecule has 1 aromatic carbocycles. The third-order valence-electron chi connectivity index (χ3n) is 1.83. The zero-order chi connectivity index (χ0) is 10.6. The van der Waals surface area contributed by atoms with Crippen molar-refractivity contribution in [3.05, 3.63) is 35.9 Å². The van der Waals surface area contributed by atoms with Gasteiger partial charge in [0.15, 0.2) is 0 Å². The van der Waals surface area contributed by atoms with Gasteiger partial charge in [0, 0.05) is 5.56 Å². The second kappa shape index (κ2) is 3.90. The van der Waals surface area contributed by atoms with Gasteiger partial charge in [0.25, 0.3) is 5.60 Å². The number of ether oxygens (including phenoxy) is 1. The molecule has 0 heterocycles. The number of rotatable bonds is 2. The first-order valence-electron chi connectivity index (χ1n) is 3.92. The molecule has 0 saturated carbocycles. The molecule has 0 fully saturated rings. The zero-order valence-electron chi connectivity index (χ0n) is 7.60. The Labute approximate surface area is 81.4 Å². The van der Waals surface area contributed by atoms with Crippen molar-refractivity contribution in [1.29, 1.82) is 5.26 Å². The highest BCUT2D eigenvalue weighted by Crippen LogP contribution is 2.21. The van der Waals surface area contributed by atoms with E-state index < -0.39 is 11.6 Å². The normalized spacial score (nSPS) is 13.8. The maximum absolute atomic E-state index is 11.2. The summed E-state index contributed by atoms with van der Waals surface area (Å²) in [6.07, 6.45) is 0. The first-order chi connectivity index (χ1) is 6.65. The molecule has 1 unspecified atom stereocenters. The van der Waals surface area contributed by atoms with Gasteiger partial charge in [-0.1, -0.05) is 30.3 Å². The van der Waals surface area contributed by atoms with Gasteiger partial charge in [-0.05, 0) is 0 Å². The van der Waals surface area contributed by atoms with Crippen LogP contribution in [0.1, 0.15) is 5.56 Å². The molecule has 1 atom stereocenters. The fourth-order valence-corrected chi connectivity index (χ4v) is 1.06. The van der Waals surface area contributed by atoms with Gasteiger partial charge in [0.2, 0.25) is 0 Å². The molecular formula is C10H9NO3. The van der Waals surface area contributed by atoms with Crippen LogP contribution in [0.15, 0.2) is 30.3 Å². The van der Waals surface area contributed by atoms with Gasteiger partial charge in [0.1, 0.15) is 6.07 Å². The Kier molecular flexibility index (Phi) is 2.85. The van der Waals surface area contributed by atoms with E-state index in [0.717, 1.165) is 7.11 Å². The number of hydrogen-bond acceptors (Lipinski definition) is 4. The number of aliphatic hydroxyl groups is 1. The van der Waals surface area contributed by atoms with Gasteiger partial charge in [-0.3, -0.25) is 0 Å². The summed E-state index contributed by atoms with van der Waals surface area (Å²) < 4.78 is 4.35. The van der Waals surface area contributed by atoms with E-state index in [4.69, 9.17) is 5.26 Å². The first-order valence-corrected chi connectivity index (χ1v) is 3.92. The molecule has 0 aliphatic heterocycles. The van der Waals surface area contributed by atoms with E-state index in [9.17, 15) is 9.90 Å². The largest absolute Gasteiger partial charge is 0.466 e. The van der Waals surface area contributed by atoms with E-state index in [0.29, 0.717) is 0 Å². The molecule has 0 aliphatic carbocycles. The quantitative estimate of drug-likeness (QED) is 0.548. The van der Waals surface area contributed by atoms with E-state index in [1.807, 2.05) is 0 Å². The van der Waals surface area contributed by atoms with Crippen molar-refractivity contribution in [3.63, 3.8) is 0 Å². The summed E-state index contributed by atoms with van der Waals surface area (Å²) in [6, 6.07) is 9.47. The molecule has 0 aromatic heterocycles. The highest BCUT2D eigenvalue weighted by molar-refractivity contribution is 5.84. The molecule has 72 valence electrons. The molecule has 1 rings (SSSR count). The second-order valence-corrected chi connectivity index (χ2v) is 2.68. The predicted molar refractivity (Wildman–Crippen MR) is 48.0 cm³/mol. The number of nitriles is 1. The summed E-state index contributed by atoms with van der Waals surface area (Å²) in [5, 5.41) is 18.5. The summed E-state index contributed by atoms with van der Waals surface area (Å²) in [5.74, 6) is -0.980. The average Bonchev–Trinajstić information content (AvgIpc) is 2.28. The van der Waals surface area contributed by atoms with Crippen molar-refractivity contribution in [2.45, 2.75) is 5.60 Å². The summed E-state index contributed by atoms with van der Waals surface area (Å²) in [5.41, 5.74) is -2.01. The molecule has 1 N–H and O–H groups in total. The first kappa shape index (κ1) is 10.2. The third kappa shape index (κ3) is 1.58. The van der Waals surface area contributed by atoms with E-state index in [2.05, 4.69) is 4.74 Å². The van der Waals surface area contributed by atoms with E-state index >= 15 is 0 Å². The number of carbonyl (C=O) groups excluding carboxylic acids is 1. The molecule has 4 heteroatoms. The third-order valence-corrected chi connectivity index (χ3v) is 1.83. The molecular weight excluding hydrogens is 182 g/mol. The van der Waals surface area contributed by atoms with Crippen LogP contribution >= 0.6 is 0 Å². The number of methoxy groups -OCH3 is 1. The number of esters is 1. The molecule has 4 nitrogen and oxygen atoms in total. The summed E-state index contributed by atoms with van der Waals surface area (Å²) in [6.45, 7) is 0. The fourth-order valence-electron chi connectivity index (χ4n) is 1.06. The monoisotopic (exact) mass is 191 g/mol. The minimum Gasteiger partial charge on any atom is -0.466 e. The Morgan fingerprint density at radius 2 is 2.07 bits per heavy atom. The molecule has 0 spiro atoms. The highest BCUT2D eigenvalue weighted by atomic mass is 16.5. The number of benzene rings is 1. The molecule has 0 radical (unpaired) electrons. The van der Waals surface area contributed by atoms with Gasteiger partial charge in [-0.2, -0.15) is 5.26 Å². The maximum atomic E-state index is 11.2. The average molecular weight is 191 g/mol. The lowest BCUT2D eigenvalue weighted by atomic mass is 9.96. The van der Waals surface area contributed by atoms with Crippen LogP contribution in [0.3, 0.4) is 0 Å². The Balaban J connectivity index is 3.17. The van der Waals surface area contributed by atoms with Crippen molar-refractivity contribution in [1.82, 2.24) is 0 Å². The van der Waals surface area contributed by atoms with E-state index in [1.54, 1.807) is 18.2 Å². The minimum atomic E-state index is -2.21. The van der Waals surface area contributed by atoms with E-state index in [-0.39, 0.29) is 5.56 Å². The van der Waals surface area contributed by atoms with Gasteiger partial charge in [0.05, 0.1) is 7.11 Å². The number of hydrogen-bond donors (Lipinski definition) is 1. The standard InChI is InChI=1S/C10H9NO3/c1-14-9(12)10(13,7-11)8-5-3-2-4-6-8/h2-6,13H,1H3. The Morgan fingerprint density at radius 1 is 1.50 bits per heavy atom. The smallest absolute Gasteiger partial charge is 0.357 e. The maximum Gasteiger partial charge on any atom is 0.357 e.